The lowest BCUT2D eigenvalue weighted by atomic mass is 10.3. The first-order valence-corrected chi connectivity index (χ1v) is 8.57. The zero-order chi connectivity index (χ0) is 15.2. The van der Waals surface area contributed by atoms with Crippen molar-refractivity contribution in [3.05, 3.63) is 45.3 Å². The Hall–Kier alpha value is -1.19. The lowest BCUT2D eigenvalue weighted by molar-refractivity contribution is -0.115. The van der Waals surface area contributed by atoms with Gasteiger partial charge in [-0.1, -0.05) is 23.2 Å². The minimum Gasteiger partial charge on any atom is -0.317 e. The van der Waals surface area contributed by atoms with Crippen molar-refractivity contribution >= 4 is 57.2 Å². The number of carbonyl (C=O) groups excluding carboxylic acids is 1. The highest BCUT2D eigenvalue weighted by Gasteiger charge is 2.09. The second-order valence-electron chi connectivity index (χ2n) is 4.00. The molecule has 1 heterocycles. The fourth-order valence-electron chi connectivity index (χ4n) is 1.52. The van der Waals surface area contributed by atoms with E-state index < -0.39 is 0 Å². The summed E-state index contributed by atoms with van der Waals surface area (Å²) in [5.74, 6) is 0.457. The normalized spacial score (nSPS) is 10.1. The van der Waals surface area contributed by atoms with E-state index in [-0.39, 0.29) is 5.91 Å². The van der Waals surface area contributed by atoms with Crippen molar-refractivity contribution in [3.63, 3.8) is 0 Å². The molecule has 0 aliphatic heterocycles. The molecule has 0 spiro atoms. The van der Waals surface area contributed by atoms with Crippen LogP contribution in [0.4, 0.5) is 5.00 Å². The number of carbonyl (C=O) groups is 1. The molecule has 2 rings (SSSR count). The fourth-order valence-corrected chi connectivity index (χ4v) is 3.72. The van der Waals surface area contributed by atoms with Gasteiger partial charge in [0.25, 0.3) is 0 Å². The summed E-state index contributed by atoms with van der Waals surface area (Å²) < 4.78 is 0. The van der Waals surface area contributed by atoms with Crippen LogP contribution in [0, 0.1) is 11.3 Å². The number of amides is 1. The fraction of sp³-hybridized carbons (Fsp3) is 0.143. The number of thioether (sulfide) groups is 1. The molecule has 7 heteroatoms. The van der Waals surface area contributed by atoms with Gasteiger partial charge in [0.15, 0.2) is 0 Å². The molecule has 108 valence electrons. The van der Waals surface area contributed by atoms with E-state index in [0.717, 1.165) is 4.90 Å². The van der Waals surface area contributed by atoms with Crippen LogP contribution in [0.3, 0.4) is 0 Å². The van der Waals surface area contributed by atoms with Crippen LogP contribution in [0.2, 0.25) is 10.0 Å². The monoisotopic (exact) mass is 356 g/mol. The molecule has 1 N–H and O–H groups in total. The van der Waals surface area contributed by atoms with Crippen LogP contribution < -0.4 is 5.32 Å². The number of nitriles is 1. The predicted molar refractivity (Wildman–Crippen MR) is 89.5 cm³/mol. The van der Waals surface area contributed by atoms with Crippen LogP contribution in [0.15, 0.2) is 34.5 Å². The van der Waals surface area contributed by atoms with Crippen LogP contribution in [0.25, 0.3) is 0 Å². The summed E-state index contributed by atoms with van der Waals surface area (Å²) in [6, 6.07) is 8.95. The molecule has 0 saturated heterocycles. The first-order valence-electron chi connectivity index (χ1n) is 5.95. The number of benzene rings is 1. The lowest BCUT2D eigenvalue weighted by Crippen LogP contribution is -2.11. The van der Waals surface area contributed by atoms with Crippen LogP contribution in [0.5, 0.6) is 0 Å². The first kappa shape index (κ1) is 16.2. The Balaban J connectivity index is 1.85. The van der Waals surface area contributed by atoms with Crippen LogP contribution in [-0.4, -0.2) is 11.7 Å². The van der Waals surface area contributed by atoms with E-state index in [9.17, 15) is 4.79 Å². The molecule has 0 radical (unpaired) electrons. The third-order valence-corrected chi connectivity index (χ3v) is 5.08. The Bertz CT molecular complexity index is 695. The molecule has 0 atom stereocenters. The van der Waals surface area contributed by atoms with Gasteiger partial charge >= 0.3 is 0 Å². The van der Waals surface area contributed by atoms with Crippen LogP contribution in [-0.2, 0) is 4.79 Å². The largest absolute Gasteiger partial charge is 0.317 e. The Morgan fingerprint density at radius 1 is 1.38 bits per heavy atom. The Morgan fingerprint density at radius 2 is 2.19 bits per heavy atom. The van der Waals surface area contributed by atoms with E-state index in [4.69, 9.17) is 28.5 Å². The minimum absolute atomic E-state index is 0.125. The molecular weight excluding hydrogens is 347 g/mol. The predicted octanol–water partition coefficient (Wildman–Crippen LogP) is 5.05. The number of halogens is 2. The van der Waals surface area contributed by atoms with E-state index in [1.54, 1.807) is 29.6 Å². The van der Waals surface area contributed by atoms with Gasteiger partial charge in [0.05, 0.1) is 10.6 Å². The molecule has 0 fully saturated rings. The van der Waals surface area contributed by atoms with Crippen LogP contribution in [0.1, 0.15) is 12.0 Å². The number of rotatable bonds is 5. The van der Waals surface area contributed by atoms with Crippen molar-refractivity contribution < 1.29 is 4.79 Å². The maximum Gasteiger partial charge on any atom is 0.225 e. The number of hydrogen-bond acceptors (Lipinski definition) is 4. The summed E-state index contributed by atoms with van der Waals surface area (Å²) >= 11 is 14.8. The Morgan fingerprint density at radius 3 is 2.95 bits per heavy atom. The van der Waals surface area contributed by atoms with Gasteiger partial charge in [-0.05, 0) is 29.6 Å². The smallest absolute Gasteiger partial charge is 0.225 e. The third-order valence-electron chi connectivity index (χ3n) is 2.52. The molecule has 3 nitrogen and oxygen atoms in total. The number of nitrogens with zero attached hydrogens (tertiary/aromatic N) is 1. The molecule has 2 aromatic rings. The van der Waals surface area contributed by atoms with E-state index in [1.807, 2.05) is 6.07 Å². The molecule has 1 amide bonds. The molecule has 0 aliphatic carbocycles. The number of hydrogen-bond donors (Lipinski definition) is 1. The highest BCUT2D eigenvalue weighted by molar-refractivity contribution is 7.99. The summed E-state index contributed by atoms with van der Waals surface area (Å²) in [4.78, 5) is 12.7. The maximum absolute atomic E-state index is 11.8. The number of anilines is 1. The summed E-state index contributed by atoms with van der Waals surface area (Å²) in [5.41, 5.74) is 0.485. The van der Waals surface area contributed by atoms with E-state index in [0.29, 0.717) is 32.8 Å². The average molecular weight is 357 g/mol. The molecule has 0 unspecified atom stereocenters. The van der Waals surface area contributed by atoms with Gasteiger partial charge in [-0.2, -0.15) is 5.26 Å². The molecule has 0 bridgehead atoms. The second-order valence-corrected chi connectivity index (χ2v) is 6.89. The Kier molecular flexibility index (Phi) is 5.95. The zero-order valence-electron chi connectivity index (χ0n) is 10.7. The van der Waals surface area contributed by atoms with E-state index in [2.05, 4.69) is 5.32 Å². The van der Waals surface area contributed by atoms with Crippen molar-refractivity contribution in [3.8, 4) is 6.07 Å². The van der Waals surface area contributed by atoms with Gasteiger partial charge in [-0.3, -0.25) is 4.79 Å². The summed E-state index contributed by atoms with van der Waals surface area (Å²) in [5, 5.41) is 15.2. The topological polar surface area (TPSA) is 52.9 Å². The van der Waals surface area contributed by atoms with Crippen molar-refractivity contribution in [1.82, 2.24) is 0 Å². The summed E-state index contributed by atoms with van der Waals surface area (Å²) in [6.07, 6.45) is 0.330. The van der Waals surface area contributed by atoms with Gasteiger partial charge in [0, 0.05) is 22.1 Å². The summed E-state index contributed by atoms with van der Waals surface area (Å²) in [6.45, 7) is 0. The van der Waals surface area contributed by atoms with Crippen molar-refractivity contribution in [2.75, 3.05) is 11.1 Å². The molecule has 0 saturated carbocycles. The van der Waals surface area contributed by atoms with Crippen molar-refractivity contribution in [2.24, 2.45) is 0 Å². The number of nitrogens with one attached hydrogen (secondary N) is 1. The first-order chi connectivity index (χ1) is 10.1. The minimum atomic E-state index is -0.125. The average Bonchev–Trinajstić information content (AvgIpc) is 2.89. The molecule has 1 aromatic carbocycles. The van der Waals surface area contributed by atoms with Crippen LogP contribution >= 0.6 is 46.3 Å². The van der Waals surface area contributed by atoms with Gasteiger partial charge in [0.1, 0.15) is 11.1 Å². The van der Waals surface area contributed by atoms with Gasteiger partial charge < -0.3 is 5.32 Å². The van der Waals surface area contributed by atoms with E-state index in [1.165, 1.54) is 23.1 Å². The zero-order valence-corrected chi connectivity index (χ0v) is 13.9. The second kappa shape index (κ2) is 7.71. The number of thiophene rings is 1. The van der Waals surface area contributed by atoms with Gasteiger partial charge in [-0.25, -0.2) is 0 Å². The summed E-state index contributed by atoms with van der Waals surface area (Å²) in [7, 11) is 0. The van der Waals surface area contributed by atoms with Crippen molar-refractivity contribution in [2.45, 2.75) is 11.3 Å². The quantitative estimate of drug-likeness (QED) is 0.762. The standard InChI is InChI=1S/C14H10Cl2N2OS2/c15-10-1-2-11(16)12(7-10)20-6-4-13(19)18-14-9(8-17)3-5-21-14/h1-3,5,7H,4,6H2,(H,18,19). The van der Waals surface area contributed by atoms with Crippen molar-refractivity contribution in [1.29, 1.82) is 5.26 Å². The lowest BCUT2D eigenvalue weighted by Gasteiger charge is -2.05. The van der Waals surface area contributed by atoms with Gasteiger partial charge in [-0.15, -0.1) is 23.1 Å². The molecular formula is C14H10Cl2N2OS2. The third kappa shape index (κ3) is 4.65. The molecule has 0 aliphatic rings. The Labute approximate surface area is 140 Å². The van der Waals surface area contributed by atoms with E-state index >= 15 is 0 Å². The maximum atomic E-state index is 11.8. The highest BCUT2D eigenvalue weighted by Crippen LogP contribution is 2.30. The highest BCUT2D eigenvalue weighted by atomic mass is 35.5. The van der Waals surface area contributed by atoms with Gasteiger partial charge in [0.2, 0.25) is 5.91 Å². The molecule has 1 aromatic heterocycles. The molecule has 21 heavy (non-hydrogen) atoms. The SMILES string of the molecule is N#Cc1ccsc1NC(=O)CCSc1cc(Cl)ccc1Cl.